The van der Waals surface area contributed by atoms with Crippen molar-refractivity contribution in [2.45, 2.75) is 37.8 Å². The van der Waals surface area contributed by atoms with Gasteiger partial charge < -0.3 is 10.1 Å². The maximum Gasteiger partial charge on any atom is 0.0623 e. The zero-order valence-corrected chi connectivity index (χ0v) is 11.3. The number of hydrogen-bond donors (Lipinski definition) is 1. The molecule has 1 aromatic rings. The Morgan fingerprint density at radius 3 is 3.12 bits per heavy atom. The fourth-order valence-corrected chi connectivity index (χ4v) is 3.42. The minimum atomic E-state index is 0.487. The van der Waals surface area contributed by atoms with E-state index in [2.05, 4.69) is 32.3 Å². The predicted octanol–water partition coefficient (Wildman–Crippen LogP) is 3.21. The lowest BCUT2D eigenvalue weighted by molar-refractivity contribution is 0.0620. The van der Waals surface area contributed by atoms with Gasteiger partial charge in [-0.2, -0.15) is 0 Å². The molecule has 0 bridgehead atoms. The van der Waals surface area contributed by atoms with E-state index in [0.29, 0.717) is 18.1 Å². The van der Waals surface area contributed by atoms with Crippen LogP contribution in [0.3, 0.4) is 0 Å². The number of anilines is 1. The summed E-state index contributed by atoms with van der Waals surface area (Å²) in [6, 6.07) is 2.64. The Bertz CT molecular complexity index is 399. The van der Waals surface area contributed by atoms with Gasteiger partial charge in [-0.05, 0) is 47.7 Å². The Balaban J connectivity index is 1.71. The average Bonchev–Trinajstić information content (AvgIpc) is 2.78. The molecule has 3 atom stereocenters. The molecular weight excluding hydrogens is 280 g/mol. The second-order valence-corrected chi connectivity index (χ2v) is 5.85. The van der Waals surface area contributed by atoms with Crippen LogP contribution in [0.2, 0.25) is 0 Å². The molecular formula is C13H17BrN2O. The van der Waals surface area contributed by atoms with Crippen LogP contribution in [-0.2, 0) is 4.74 Å². The molecule has 0 aromatic carbocycles. The summed E-state index contributed by atoms with van der Waals surface area (Å²) in [5, 5.41) is 3.62. The minimum absolute atomic E-state index is 0.487. The number of nitrogens with one attached hydrogen (secondary N) is 1. The molecule has 1 saturated carbocycles. The van der Waals surface area contributed by atoms with Crippen LogP contribution in [0.5, 0.6) is 0 Å². The number of nitrogens with zero attached hydrogens (tertiary/aromatic N) is 1. The Kier molecular flexibility index (Phi) is 3.34. The first-order chi connectivity index (χ1) is 8.33. The van der Waals surface area contributed by atoms with Gasteiger partial charge in [0.05, 0.1) is 18.0 Å². The van der Waals surface area contributed by atoms with Crippen molar-refractivity contribution in [1.29, 1.82) is 0 Å². The van der Waals surface area contributed by atoms with E-state index in [0.717, 1.165) is 16.8 Å². The highest BCUT2D eigenvalue weighted by Gasteiger charge is 2.37. The molecule has 0 amide bonds. The molecule has 3 rings (SSSR count). The van der Waals surface area contributed by atoms with Gasteiger partial charge in [0, 0.05) is 29.2 Å². The van der Waals surface area contributed by atoms with Crippen LogP contribution in [0.1, 0.15) is 25.7 Å². The summed E-state index contributed by atoms with van der Waals surface area (Å²) in [5.74, 6) is 0.683. The Morgan fingerprint density at radius 2 is 2.24 bits per heavy atom. The van der Waals surface area contributed by atoms with Crippen molar-refractivity contribution in [2.75, 3.05) is 11.9 Å². The van der Waals surface area contributed by atoms with E-state index < -0.39 is 0 Å². The quantitative estimate of drug-likeness (QED) is 0.910. The Morgan fingerprint density at radius 1 is 1.29 bits per heavy atom. The molecule has 1 aromatic heterocycles. The minimum Gasteiger partial charge on any atom is -0.381 e. The third-order valence-electron chi connectivity index (χ3n) is 3.84. The van der Waals surface area contributed by atoms with Gasteiger partial charge in [-0.1, -0.05) is 0 Å². The molecule has 0 spiro atoms. The third-order valence-corrected chi connectivity index (χ3v) is 4.27. The molecule has 92 valence electrons. The highest BCUT2D eigenvalue weighted by Crippen LogP contribution is 2.36. The van der Waals surface area contributed by atoms with Gasteiger partial charge in [0.2, 0.25) is 0 Å². The number of aromatic nitrogens is 1. The van der Waals surface area contributed by atoms with E-state index in [-0.39, 0.29) is 0 Å². The zero-order chi connectivity index (χ0) is 11.7. The number of fused-ring (bicyclic) bond motifs is 1. The van der Waals surface area contributed by atoms with Crippen LogP contribution in [-0.4, -0.2) is 23.7 Å². The van der Waals surface area contributed by atoms with Crippen molar-refractivity contribution < 1.29 is 4.74 Å². The highest BCUT2D eigenvalue weighted by molar-refractivity contribution is 9.10. The smallest absolute Gasteiger partial charge is 0.0623 e. The summed E-state index contributed by atoms with van der Waals surface area (Å²) in [7, 11) is 0. The summed E-state index contributed by atoms with van der Waals surface area (Å²) < 4.78 is 6.81. The molecule has 3 nitrogen and oxygen atoms in total. The summed E-state index contributed by atoms with van der Waals surface area (Å²) in [5.41, 5.74) is 1.11. The zero-order valence-electron chi connectivity index (χ0n) is 9.73. The molecule has 1 N–H and O–H groups in total. The lowest BCUT2D eigenvalue weighted by atomic mass is 9.82. The first-order valence-corrected chi connectivity index (χ1v) is 7.11. The maximum absolute atomic E-state index is 5.78. The van der Waals surface area contributed by atoms with Gasteiger partial charge in [0.25, 0.3) is 0 Å². The molecule has 0 radical (unpaired) electrons. The van der Waals surface area contributed by atoms with Crippen molar-refractivity contribution in [3.8, 4) is 0 Å². The fourth-order valence-electron chi connectivity index (χ4n) is 3.06. The number of hydrogen-bond acceptors (Lipinski definition) is 3. The van der Waals surface area contributed by atoms with Crippen LogP contribution in [0, 0.1) is 5.92 Å². The third kappa shape index (κ3) is 2.47. The number of rotatable bonds is 2. The van der Waals surface area contributed by atoms with Crippen LogP contribution in [0.25, 0.3) is 0 Å². The van der Waals surface area contributed by atoms with Crippen molar-refractivity contribution in [1.82, 2.24) is 4.98 Å². The molecule has 17 heavy (non-hydrogen) atoms. The largest absolute Gasteiger partial charge is 0.381 e. The summed E-state index contributed by atoms with van der Waals surface area (Å²) in [6.45, 7) is 0.935. The van der Waals surface area contributed by atoms with Crippen molar-refractivity contribution in [3.63, 3.8) is 0 Å². The normalized spacial score (nSPS) is 32.2. The van der Waals surface area contributed by atoms with E-state index in [1.165, 1.54) is 25.7 Å². The van der Waals surface area contributed by atoms with Crippen LogP contribution in [0.15, 0.2) is 22.9 Å². The Hall–Kier alpha value is -0.610. The molecule has 1 aliphatic carbocycles. The van der Waals surface area contributed by atoms with E-state index in [1.807, 2.05) is 12.4 Å². The van der Waals surface area contributed by atoms with Crippen LogP contribution >= 0.6 is 15.9 Å². The summed E-state index contributed by atoms with van der Waals surface area (Å²) in [6.07, 6.45) is 9.14. The molecule has 2 fully saturated rings. The summed E-state index contributed by atoms with van der Waals surface area (Å²) >= 11 is 3.46. The van der Waals surface area contributed by atoms with Crippen molar-refractivity contribution >= 4 is 21.6 Å². The maximum atomic E-state index is 5.78. The Labute approximate surface area is 110 Å². The molecule has 4 heteroatoms. The number of halogens is 1. The first kappa shape index (κ1) is 11.5. The monoisotopic (exact) mass is 296 g/mol. The first-order valence-electron chi connectivity index (χ1n) is 6.31. The lowest BCUT2D eigenvalue weighted by Gasteiger charge is -2.33. The number of pyridine rings is 1. The molecule has 3 unspecified atom stereocenters. The van der Waals surface area contributed by atoms with E-state index in [9.17, 15) is 0 Å². The standard InChI is InChI=1S/C13H17BrN2O/c14-9-6-10(8-15-7-9)16-12-2-1-3-13-11(12)4-5-17-13/h6-8,11-13,16H,1-5H2. The topological polar surface area (TPSA) is 34.2 Å². The van der Waals surface area contributed by atoms with Crippen LogP contribution < -0.4 is 5.32 Å². The van der Waals surface area contributed by atoms with Crippen molar-refractivity contribution in [2.24, 2.45) is 5.92 Å². The summed E-state index contributed by atoms with van der Waals surface area (Å²) in [4.78, 5) is 4.19. The van der Waals surface area contributed by atoms with Crippen molar-refractivity contribution in [3.05, 3.63) is 22.9 Å². The lowest BCUT2D eigenvalue weighted by Crippen LogP contribution is -2.38. The van der Waals surface area contributed by atoms with Gasteiger partial charge >= 0.3 is 0 Å². The van der Waals surface area contributed by atoms with Gasteiger partial charge in [-0.3, -0.25) is 4.98 Å². The van der Waals surface area contributed by atoms with E-state index in [1.54, 1.807) is 0 Å². The second-order valence-electron chi connectivity index (χ2n) is 4.94. The average molecular weight is 297 g/mol. The van der Waals surface area contributed by atoms with Crippen LogP contribution in [0.4, 0.5) is 5.69 Å². The molecule has 2 aliphatic rings. The van der Waals surface area contributed by atoms with Gasteiger partial charge in [-0.25, -0.2) is 0 Å². The number of ether oxygens (including phenoxy) is 1. The van der Waals surface area contributed by atoms with Gasteiger partial charge in [0.15, 0.2) is 0 Å². The predicted molar refractivity (Wildman–Crippen MR) is 71.0 cm³/mol. The van der Waals surface area contributed by atoms with Gasteiger partial charge in [0.1, 0.15) is 0 Å². The fraction of sp³-hybridized carbons (Fsp3) is 0.615. The molecule has 1 saturated heterocycles. The molecule has 1 aliphatic heterocycles. The van der Waals surface area contributed by atoms with E-state index >= 15 is 0 Å². The second kappa shape index (κ2) is 4.94. The molecule has 2 heterocycles. The van der Waals surface area contributed by atoms with Gasteiger partial charge in [-0.15, -0.1) is 0 Å². The highest BCUT2D eigenvalue weighted by atomic mass is 79.9. The van der Waals surface area contributed by atoms with E-state index in [4.69, 9.17) is 4.74 Å². The SMILES string of the molecule is Brc1cncc(NC2CCCC3OCCC23)c1.